The molecule has 0 atom stereocenters. The van der Waals surface area contributed by atoms with E-state index in [4.69, 9.17) is 14.2 Å². The van der Waals surface area contributed by atoms with Crippen molar-refractivity contribution in [2.75, 3.05) is 25.6 Å². The molecule has 0 fully saturated rings. The molecular weight excluding hydrogens is 358 g/mol. The first-order chi connectivity index (χ1) is 13.6. The Morgan fingerprint density at radius 3 is 2.43 bits per heavy atom. The Morgan fingerprint density at radius 1 is 1.04 bits per heavy atom. The minimum atomic E-state index is -0.371. The van der Waals surface area contributed by atoms with Crippen LogP contribution in [-0.4, -0.2) is 32.2 Å². The monoisotopic (exact) mass is 383 g/mol. The minimum Gasteiger partial charge on any atom is -0.493 e. The van der Waals surface area contributed by atoms with Crippen molar-refractivity contribution in [3.8, 4) is 11.5 Å². The van der Waals surface area contributed by atoms with Gasteiger partial charge in [0.15, 0.2) is 11.5 Å². The third-order valence-corrected chi connectivity index (χ3v) is 3.74. The lowest BCUT2D eigenvalue weighted by Gasteiger charge is -2.09. The molecule has 6 nitrogen and oxygen atoms in total. The second kappa shape index (κ2) is 10.8. The summed E-state index contributed by atoms with van der Waals surface area (Å²) in [5, 5.41) is 2.75. The predicted molar refractivity (Wildman–Crippen MR) is 109 cm³/mol. The van der Waals surface area contributed by atoms with E-state index in [-0.39, 0.29) is 11.9 Å². The van der Waals surface area contributed by atoms with Crippen molar-refractivity contribution in [2.45, 2.75) is 20.3 Å². The van der Waals surface area contributed by atoms with Gasteiger partial charge in [-0.15, -0.1) is 0 Å². The Labute approximate surface area is 165 Å². The Bertz CT molecular complexity index is 827. The summed E-state index contributed by atoms with van der Waals surface area (Å²) in [5.41, 5.74) is 1.85. The zero-order valence-electron chi connectivity index (χ0n) is 16.4. The average molecular weight is 383 g/mol. The highest BCUT2D eigenvalue weighted by molar-refractivity contribution is 6.02. The summed E-state index contributed by atoms with van der Waals surface area (Å²) in [6, 6.07) is 12.0. The van der Waals surface area contributed by atoms with Gasteiger partial charge in [0.2, 0.25) is 5.91 Å². The summed E-state index contributed by atoms with van der Waals surface area (Å²) in [6.07, 6.45) is 3.88. The number of rotatable bonds is 9. The van der Waals surface area contributed by atoms with Crippen molar-refractivity contribution in [3.05, 3.63) is 59.7 Å². The predicted octanol–water partition coefficient (Wildman–Crippen LogP) is 4.31. The van der Waals surface area contributed by atoms with E-state index in [1.54, 1.807) is 49.6 Å². The number of carbonyl (C=O) groups excluding carboxylic acids is 2. The first-order valence-corrected chi connectivity index (χ1v) is 9.14. The Hall–Kier alpha value is -3.28. The molecule has 0 heterocycles. The molecule has 0 saturated heterocycles. The van der Waals surface area contributed by atoms with Crippen LogP contribution >= 0.6 is 0 Å². The molecule has 0 aromatic heterocycles. The van der Waals surface area contributed by atoms with E-state index in [2.05, 4.69) is 5.32 Å². The van der Waals surface area contributed by atoms with Crippen LogP contribution in [0.4, 0.5) is 5.69 Å². The quantitative estimate of drug-likeness (QED) is 0.516. The Balaban J connectivity index is 1.97. The van der Waals surface area contributed by atoms with Crippen LogP contribution in [-0.2, 0) is 9.53 Å². The summed E-state index contributed by atoms with van der Waals surface area (Å²) in [7, 11) is 1.57. The maximum absolute atomic E-state index is 12.1. The number of methoxy groups -OCH3 is 1. The van der Waals surface area contributed by atoms with Gasteiger partial charge in [-0.05, 0) is 61.4 Å². The van der Waals surface area contributed by atoms with Gasteiger partial charge in [0.1, 0.15) is 0 Å². The molecule has 0 spiro atoms. The molecule has 0 radical (unpaired) electrons. The lowest BCUT2D eigenvalue weighted by atomic mass is 10.2. The molecule has 6 heteroatoms. The van der Waals surface area contributed by atoms with Gasteiger partial charge in [0.05, 0.1) is 25.9 Å². The van der Waals surface area contributed by atoms with Crippen LogP contribution in [0, 0.1) is 0 Å². The van der Waals surface area contributed by atoms with Gasteiger partial charge in [-0.2, -0.15) is 0 Å². The number of hydrogen-bond acceptors (Lipinski definition) is 5. The maximum Gasteiger partial charge on any atom is 0.338 e. The molecule has 2 rings (SSSR count). The van der Waals surface area contributed by atoms with Crippen LogP contribution < -0.4 is 14.8 Å². The van der Waals surface area contributed by atoms with Gasteiger partial charge in [-0.1, -0.05) is 13.0 Å². The fraction of sp³-hybridized carbons (Fsp3) is 0.273. The minimum absolute atomic E-state index is 0.283. The molecule has 1 N–H and O–H groups in total. The van der Waals surface area contributed by atoms with Crippen molar-refractivity contribution < 1.29 is 23.8 Å². The molecule has 0 saturated carbocycles. The standard InChI is InChI=1S/C22H25NO5/c1-4-14-28-22(25)17-8-10-18(11-9-17)23-21(24)13-7-16-6-12-19(27-5-2)20(15-16)26-3/h6-13,15H,4-5,14H2,1-3H3,(H,23,24)/b13-7+. The molecule has 148 valence electrons. The molecule has 0 bridgehead atoms. The van der Waals surface area contributed by atoms with E-state index in [9.17, 15) is 9.59 Å². The van der Waals surface area contributed by atoms with Crippen molar-refractivity contribution in [2.24, 2.45) is 0 Å². The highest BCUT2D eigenvalue weighted by Crippen LogP contribution is 2.28. The zero-order valence-corrected chi connectivity index (χ0v) is 16.4. The van der Waals surface area contributed by atoms with E-state index in [1.807, 2.05) is 19.9 Å². The first kappa shape index (κ1) is 21.0. The van der Waals surface area contributed by atoms with Crippen LogP contribution in [0.2, 0.25) is 0 Å². The number of carbonyl (C=O) groups is 2. The molecular formula is C22H25NO5. The highest BCUT2D eigenvalue weighted by Gasteiger charge is 2.07. The van der Waals surface area contributed by atoms with E-state index >= 15 is 0 Å². The topological polar surface area (TPSA) is 73.9 Å². The molecule has 2 aromatic carbocycles. The van der Waals surface area contributed by atoms with Crippen LogP contribution in [0.25, 0.3) is 6.08 Å². The summed E-state index contributed by atoms with van der Waals surface area (Å²) in [4.78, 5) is 23.9. The van der Waals surface area contributed by atoms with Gasteiger partial charge >= 0.3 is 5.97 Å². The van der Waals surface area contributed by atoms with Gasteiger partial charge in [0, 0.05) is 11.8 Å². The second-order valence-corrected chi connectivity index (χ2v) is 5.88. The van der Waals surface area contributed by atoms with Crippen LogP contribution in [0.1, 0.15) is 36.2 Å². The first-order valence-electron chi connectivity index (χ1n) is 9.14. The van der Waals surface area contributed by atoms with Crippen molar-refractivity contribution in [3.63, 3.8) is 0 Å². The number of esters is 1. The maximum atomic E-state index is 12.1. The lowest BCUT2D eigenvalue weighted by Crippen LogP contribution is -2.09. The molecule has 0 aliphatic carbocycles. The van der Waals surface area contributed by atoms with Crippen molar-refractivity contribution in [1.29, 1.82) is 0 Å². The van der Waals surface area contributed by atoms with E-state index < -0.39 is 0 Å². The third kappa shape index (κ3) is 6.16. The second-order valence-electron chi connectivity index (χ2n) is 5.88. The Kier molecular flexibility index (Phi) is 8.09. The summed E-state index contributed by atoms with van der Waals surface area (Å²) in [6.45, 7) is 4.77. The number of ether oxygens (including phenoxy) is 3. The number of benzene rings is 2. The van der Waals surface area contributed by atoms with Gasteiger partial charge < -0.3 is 19.5 Å². The molecule has 0 unspecified atom stereocenters. The van der Waals surface area contributed by atoms with Crippen LogP contribution in [0.15, 0.2) is 48.5 Å². The molecule has 0 aliphatic rings. The van der Waals surface area contributed by atoms with E-state index in [1.165, 1.54) is 6.08 Å². The van der Waals surface area contributed by atoms with Gasteiger partial charge in [-0.3, -0.25) is 4.79 Å². The molecule has 2 aromatic rings. The smallest absolute Gasteiger partial charge is 0.338 e. The molecule has 0 aliphatic heterocycles. The third-order valence-electron chi connectivity index (χ3n) is 3.74. The van der Waals surface area contributed by atoms with Gasteiger partial charge in [0.25, 0.3) is 0 Å². The lowest BCUT2D eigenvalue weighted by molar-refractivity contribution is -0.111. The van der Waals surface area contributed by atoms with Crippen LogP contribution in [0.5, 0.6) is 11.5 Å². The van der Waals surface area contributed by atoms with E-state index in [0.717, 1.165) is 12.0 Å². The fourth-order valence-corrected chi connectivity index (χ4v) is 2.39. The normalized spacial score (nSPS) is 10.5. The van der Waals surface area contributed by atoms with Crippen LogP contribution in [0.3, 0.4) is 0 Å². The van der Waals surface area contributed by atoms with Gasteiger partial charge in [-0.25, -0.2) is 4.79 Å². The SMILES string of the molecule is CCCOC(=O)c1ccc(NC(=O)/C=C/c2ccc(OCC)c(OC)c2)cc1. The summed E-state index contributed by atoms with van der Waals surface area (Å²) in [5.74, 6) is 0.609. The average Bonchev–Trinajstić information content (AvgIpc) is 2.72. The Morgan fingerprint density at radius 2 is 1.79 bits per heavy atom. The van der Waals surface area contributed by atoms with Crippen molar-refractivity contribution >= 4 is 23.6 Å². The zero-order chi connectivity index (χ0) is 20.4. The number of nitrogens with one attached hydrogen (secondary N) is 1. The molecule has 1 amide bonds. The summed E-state index contributed by atoms with van der Waals surface area (Å²) < 4.78 is 15.8. The number of hydrogen-bond donors (Lipinski definition) is 1. The fourth-order valence-electron chi connectivity index (χ4n) is 2.39. The largest absolute Gasteiger partial charge is 0.493 e. The van der Waals surface area contributed by atoms with Crippen molar-refractivity contribution in [1.82, 2.24) is 0 Å². The summed E-state index contributed by atoms with van der Waals surface area (Å²) >= 11 is 0. The van der Waals surface area contributed by atoms with E-state index in [0.29, 0.717) is 36.0 Å². The molecule has 28 heavy (non-hydrogen) atoms. The number of amides is 1. The highest BCUT2D eigenvalue weighted by atomic mass is 16.5. The number of anilines is 1.